The average Bonchev–Trinajstić information content (AvgIpc) is 3.37. The van der Waals surface area contributed by atoms with Crippen LogP contribution in [-0.4, -0.2) is 24.5 Å². The molecule has 0 aromatic carbocycles. The Morgan fingerprint density at radius 2 is 1.69 bits per heavy atom. The molecule has 0 saturated carbocycles. The molecule has 6 heterocycles. The zero-order valence-electron chi connectivity index (χ0n) is 15.4. The molecule has 0 fully saturated rings. The van der Waals surface area contributed by atoms with Crippen molar-refractivity contribution >= 4 is 0 Å². The molecular formula is C19H14F3N7+2. The normalized spacial score (nSPS) is 18.7. The van der Waals surface area contributed by atoms with Gasteiger partial charge in [0.1, 0.15) is 17.6 Å². The van der Waals surface area contributed by atoms with Crippen molar-refractivity contribution in [3.05, 3.63) is 66.0 Å². The van der Waals surface area contributed by atoms with Gasteiger partial charge in [0.2, 0.25) is 11.9 Å². The molecule has 7 nitrogen and oxygen atoms in total. The molecule has 0 aliphatic carbocycles. The van der Waals surface area contributed by atoms with Crippen LogP contribution in [0.5, 0.6) is 0 Å². The molecule has 0 radical (unpaired) electrons. The molecule has 1 spiro atoms. The van der Waals surface area contributed by atoms with Crippen molar-refractivity contribution in [2.75, 3.05) is 0 Å². The van der Waals surface area contributed by atoms with Crippen molar-refractivity contribution in [3.8, 4) is 22.8 Å². The topological polar surface area (TPSA) is 56.3 Å². The van der Waals surface area contributed by atoms with E-state index in [-0.39, 0.29) is 0 Å². The fourth-order valence-electron chi connectivity index (χ4n) is 4.32. The van der Waals surface area contributed by atoms with E-state index in [1.165, 1.54) is 4.68 Å². The molecule has 2 aliphatic rings. The molecule has 1 atom stereocenters. The van der Waals surface area contributed by atoms with Gasteiger partial charge in [-0.1, -0.05) is 9.13 Å². The molecule has 6 rings (SSSR count). The molecule has 0 bridgehead atoms. The molecular weight excluding hydrogens is 383 g/mol. The first-order valence-corrected chi connectivity index (χ1v) is 8.97. The highest BCUT2D eigenvalue weighted by atomic mass is 19.4. The van der Waals surface area contributed by atoms with Crippen LogP contribution in [0.1, 0.15) is 17.1 Å². The summed E-state index contributed by atoms with van der Waals surface area (Å²) in [6, 6.07) is 8.63. The molecule has 1 unspecified atom stereocenters. The van der Waals surface area contributed by atoms with Gasteiger partial charge in [-0.15, -0.1) is 9.36 Å². The van der Waals surface area contributed by atoms with Gasteiger partial charge in [-0.05, 0) is 26.0 Å². The van der Waals surface area contributed by atoms with Crippen LogP contribution in [0.25, 0.3) is 22.8 Å². The number of aryl methyl sites for hydroxylation is 2. The zero-order valence-corrected chi connectivity index (χ0v) is 15.4. The van der Waals surface area contributed by atoms with E-state index in [0.29, 0.717) is 11.4 Å². The second-order valence-electron chi connectivity index (χ2n) is 7.25. The maximum atomic E-state index is 13.5. The van der Waals surface area contributed by atoms with E-state index in [9.17, 15) is 13.2 Å². The summed E-state index contributed by atoms with van der Waals surface area (Å²) in [5.41, 5.74) is 3.03. The Morgan fingerprint density at radius 1 is 0.931 bits per heavy atom. The summed E-state index contributed by atoms with van der Waals surface area (Å²) in [6.45, 7) is 3.69. The van der Waals surface area contributed by atoms with Gasteiger partial charge < -0.3 is 0 Å². The highest BCUT2D eigenvalue weighted by molar-refractivity contribution is 5.57. The van der Waals surface area contributed by atoms with Gasteiger partial charge in [0.05, 0.1) is 5.69 Å². The number of fused-ring (bicyclic) bond motifs is 10. The van der Waals surface area contributed by atoms with Crippen LogP contribution >= 0.6 is 0 Å². The number of rotatable bonds is 0. The number of aromatic nitrogens is 7. The first kappa shape index (κ1) is 16.4. The van der Waals surface area contributed by atoms with Crippen LogP contribution in [0, 0.1) is 13.8 Å². The highest BCUT2D eigenvalue weighted by Gasteiger charge is 2.70. The van der Waals surface area contributed by atoms with E-state index in [4.69, 9.17) is 0 Å². The van der Waals surface area contributed by atoms with Crippen LogP contribution < -0.4 is 9.13 Å². The predicted molar refractivity (Wildman–Crippen MR) is 92.2 cm³/mol. The molecule has 0 amide bonds. The molecule has 4 aromatic rings. The van der Waals surface area contributed by atoms with Gasteiger partial charge in [-0.2, -0.15) is 23.4 Å². The minimum Gasteiger partial charge on any atom is -0.248 e. The molecule has 144 valence electrons. The summed E-state index contributed by atoms with van der Waals surface area (Å²) in [6.07, 6.45) is 0.658. The summed E-state index contributed by atoms with van der Waals surface area (Å²) in [5, 5.41) is 8.66. The fourth-order valence-corrected chi connectivity index (χ4v) is 4.32. The minimum absolute atomic E-state index is 0.327. The first-order valence-electron chi connectivity index (χ1n) is 8.97. The monoisotopic (exact) mass is 397 g/mol. The first-order chi connectivity index (χ1) is 13.8. The van der Waals surface area contributed by atoms with E-state index in [2.05, 4.69) is 15.2 Å². The number of nitrogens with zero attached hydrogens (tertiary/aromatic N) is 7. The predicted octanol–water partition coefficient (Wildman–Crippen LogP) is 1.86. The van der Waals surface area contributed by atoms with E-state index in [1.807, 2.05) is 59.6 Å². The molecule has 10 heteroatoms. The van der Waals surface area contributed by atoms with Crippen molar-refractivity contribution in [1.29, 1.82) is 0 Å². The Balaban J connectivity index is 1.82. The maximum absolute atomic E-state index is 13.5. The van der Waals surface area contributed by atoms with E-state index < -0.39 is 17.8 Å². The quantitative estimate of drug-likeness (QED) is 0.368. The Kier molecular flexibility index (Phi) is 2.76. The van der Waals surface area contributed by atoms with E-state index >= 15 is 0 Å². The SMILES string of the molecule is Cc1c[n+]2c(cn1)-c1cc(C(F)(F)F)nn1C21n2nc(C)cc2-c2cccc[n+]21. The number of halogens is 3. The van der Waals surface area contributed by atoms with Crippen molar-refractivity contribution in [2.24, 2.45) is 0 Å². The summed E-state index contributed by atoms with van der Waals surface area (Å²) in [7, 11) is 0. The third-order valence-corrected chi connectivity index (χ3v) is 5.40. The minimum atomic E-state index is -4.56. The number of hydrogen-bond donors (Lipinski definition) is 0. The maximum Gasteiger partial charge on any atom is 0.583 e. The van der Waals surface area contributed by atoms with Gasteiger partial charge in [0, 0.05) is 18.2 Å². The van der Waals surface area contributed by atoms with Gasteiger partial charge in [-0.3, -0.25) is 0 Å². The van der Waals surface area contributed by atoms with Gasteiger partial charge in [0.25, 0.3) is 5.69 Å². The number of alkyl halides is 3. The van der Waals surface area contributed by atoms with Crippen LogP contribution in [-0.2, 0) is 12.1 Å². The molecule has 2 aliphatic heterocycles. The molecule has 4 aromatic heterocycles. The molecule has 29 heavy (non-hydrogen) atoms. The van der Waals surface area contributed by atoms with Crippen molar-refractivity contribution in [1.82, 2.24) is 24.5 Å². The second kappa shape index (κ2) is 4.88. The summed E-state index contributed by atoms with van der Waals surface area (Å²) < 4.78 is 47.5. The Hall–Kier alpha value is -3.56. The van der Waals surface area contributed by atoms with E-state index in [0.717, 1.165) is 28.8 Å². The van der Waals surface area contributed by atoms with Gasteiger partial charge >= 0.3 is 12.1 Å². The highest BCUT2D eigenvalue weighted by Crippen LogP contribution is 2.40. The molecule has 0 N–H and O–H groups in total. The second-order valence-corrected chi connectivity index (χ2v) is 7.25. The smallest absolute Gasteiger partial charge is 0.248 e. The van der Waals surface area contributed by atoms with Gasteiger partial charge in [-0.25, -0.2) is 4.98 Å². The Bertz CT molecular complexity index is 1330. The summed E-state index contributed by atoms with van der Waals surface area (Å²) in [4.78, 5) is 4.31. The van der Waals surface area contributed by atoms with Crippen LogP contribution in [0.4, 0.5) is 13.2 Å². The van der Waals surface area contributed by atoms with Gasteiger partial charge in [0.15, 0.2) is 17.6 Å². The Labute approximate surface area is 162 Å². The van der Waals surface area contributed by atoms with E-state index in [1.54, 1.807) is 10.9 Å². The lowest BCUT2D eigenvalue weighted by Gasteiger charge is -2.16. The number of hydrogen-bond acceptors (Lipinski definition) is 3. The largest absolute Gasteiger partial charge is 0.583 e. The van der Waals surface area contributed by atoms with Crippen molar-refractivity contribution < 1.29 is 22.3 Å². The van der Waals surface area contributed by atoms with Crippen molar-refractivity contribution in [3.63, 3.8) is 0 Å². The third kappa shape index (κ3) is 1.81. The standard InChI is InChI=1S/C19H14F3N7/c1-11-7-14-13-5-3-4-6-26(13)19(28(14)24-11)27-10-12(2)23-9-16(27)15-8-17(18(20,21)22)25-29(15)19/h3-10H,1-2H3/q+2. The zero-order chi connectivity index (χ0) is 20.1. The molecule has 0 saturated heterocycles. The lowest BCUT2D eigenvalue weighted by Crippen LogP contribution is -2.77. The lowest BCUT2D eigenvalue weighted by molar-refractivity contribution is -0.990. The average molecular weight is 397 g/mol. The number of pyridine rings is 1. The summed E-state index contributed by atoms with van der Waals surface area (Å²) >= 11 is 0. The fraction of sp³-hybridized carbons (Fsp3) is 0.211. The summed E-state index contributed by atoms with van der Waals surface area (Å²) in [5.74, 6) is -1.28. The lowest BCUT2D eigenvalue weighted by atomic mass is 10.2. The van der Waals surface area contributed by atoms with Crippen LogP contribution in [0.15, 0.2) is 48.9 Å². The third-order valence-electron chi connectivity index (χ3n) is 5.40. The van der Waals surface area contributed by atoms with Crippen LogP contribution in [0.3, 0.4) is 0 Å². The van der Waals surface area contributed by atoms with Crippen molar-refractivity contribution in [2.45, 2.75) is 25.9 Å². The van der Waals surface area contributed by atoms with Crippen LogP contribution in [0.2, 0.25) is 0 Å². The Morgan fingerprint density at radius 3 is 2.48 bits per heavy atom.